The van der Waals surface area contributed by atoms with Crippen LogP contribution in [0.4, 0.5) is 24.7 Å². The number of pyridine rings is 3. The van der Waals surface area contributed by atoms with Crippen molar-refractivity contribution in [2.75, 3.05) is 24.4 Å². The van der Waals surface area contributed by atoms with Crippen molar-refractivity contribution < 1.29 is 27.8 Å². The molecule has 1 atom stereocenters. The Morgan fingerprint density at radius 2 is 1.77 bits per heavy atom. The number of nitrogens with zero attached hydrogens (tertiary/aromatic N) is 4. The van der Waals surface area contributed by atoms with Crippen LogP contribution in [0.15, 0.2) is 85.5 Å². The summed E-state index contributed by atoms with van der Waals surface area (Å²) in [7, 11) is 3.59. The number of aliphatic hydroxyl groups is 1. The van der Waals surface area contributed by atoms with Gasteiger partial charge in [-0.3, -0.25) is 14.8 Å². The van der Waals surface area contributed by atoms with Crippen LogP contribution in [0.3, 0.4) is 0 Å². The number of fused-ring (bicyclic) bond motifs is 1. The summed E-state index contributed by atoms with van der Waals surface area (Å²) in [6.07, 6.45) is -2.08. The highest BCUT2D eigenvalue weighted by molar-refractivity contribution is 6.04. The van der Waals surface area contributed by atoms with Gasteiger partial charge in [-0.2, -0.15) is 13.2 Å². The molecule has 0 spiro atoms. The summed E-state index contributed by atoms with van der Waals surface area (Å²) in [6.45, 7) is 2.58. The SMILES string of the molecule is COc1ccc(CN(C)c2cc3ncc(-c4cc(NC(=O)c5cncc([C@@H](O)C(F)(F)F)c5)ccc4C)cc3cn2)cc1. The first-order valence-corrected chi connectivity index (χ1v) is 13.2. The Bertz CT molecular complexity index is 1780. The average molecular weight is 588 g/mol. The number of amides is 1. The van der Waals surface area contributed by atoms with Crippen LogP contribution in [0, 0.1) is 6.92 Å². The van der Waals surface area contributed by atoms with Crippen molar-refractivity contribution in [3.05, 3.63) is 108 Å². The fourth-order valence-corrected chi connectivity index (χ4v) is 4.59. The van der Waals surface area contributed by atoms with Gasteiger partial charge in [0.1, 0.15) is 11.6 Å². The van der Waals surface area contributed by atoms with Gasteiger partial charge in [0.05, 0.1) is 18.2 Å². The normalized spacial score (nSPS) is 12.2. The van der Waals surface area contributed by atoms with E-state index in [2.05, 4.69) is 20.3 Å². The number of ether oxygens (including phenoxy) is 1. The first-order valence-electron chi connectivity index (χ1n) is 13.2. The molecular formula is C32H28F3N5O3. The second kappa shape index (κ2) is 12.1. The van der Waals surface area contributed by atoms with E-state index < -0.39 is 23.8 Å². The Morgan fingerprint density at radius 1 is 1.00 bits per heavy atom. The van der Waals surface area contributed by atoms with Crippen molar-refractivity contribution in [1.29, 1.82) is 0 Å². The molecule has 0 radical (unpaired) electrons. The van der Waals surface area contributed by atoms with Crippen molar-refractivity contribution in [3.63, 3.8) is 0 Å². The molecule has 0 aliphatic heterocycles. The number of hydrogen-bond donors (Lipinski definition) is 2. The summed E-state index contributed by atoms with van der Waals surface area (Å²) in [5.41, 5.74) is 4.22. The van der Waals surface area contributed by atoms with Gasteiger partial charge < -0.3 is 20.1 Å². The topological polar surface area (TPSA) is 100 Å². The number of aromatic nitrogens is 3. The molecule has 0 saturated carbocycles. The summed E-state index contributed by atoms with van der Waals surface area (Å²) in [5, 5.41) is 13.1. The molecule has 220 valence electrons. The molecule has 0 bridgehead atoms. The minimum Gasteiger partial charge on any atom is -0.497 e. The van der Waals surface area contributed by atoms with Crippen LogP contribution in [0.5, 0.6) is 5.75 Å². The molecule has 2 aromatic carbocycles. The van der Waals surface area contributed by atoms with Crippen LogP contribution in [-0.4, -0.2) is 46.3 Å². The van der Waals surface area contributed by atoms with Crippen molar-refractivity contribution >= 4 is 28.3 Å². The molecule has 2 N–H and O–H groups in total. The number of carbonyl (C=O) groups is 1. The molecule has 43 heavy (non-hydrogen) atoms. The maximum atomic E-state index is 12.9. The van der Waals surface area contributed by atoms with E-state index in [1.54, 1.807) is 31.6 Å². The van der Waals surface area contributed by atoms with Gasteiger partial charge in [-0.15, -0.1) is 0 Å². The lowest BCUT2D eigenvalue weighted by atomic mass is 10.00. The molecule has 0 unspecified atom stereocenters. The van der Waals surface area contributed by atoms with E-state index in [4.69, 9.17) is 4.74 Å². The lowest BCUT2D eigenvalue weighted by Gasteiger charge is -2.19. The maximum Gasteiger partial charge on any atom is 0.418 e. The zero-order chi connectivity index (χ0) is 30.7. The Hall–Kier alpha value is -5.03. The molecule has 3 aromatic heterocycles. The Balaban J connectivity index is 1.34. The van der Waals surface area contributed by atoms with E-state index in [1.165, 1.54) is 0 Å². The number of benzene rings is 2. The highest BCUT2D eigenvalue weighted by atomic mass is 19.4. The molecule has 0 saturated heterocycles. The minimum atomic E-state index is -4.87. The van der Waals surface area contributed by atoms with Gasteiger partial charge in [-0.05, 0) is 60.0 Å². The van der Waals surface area contributed by atoms with E-state index in [-0.39, 0.29) is 5.56 Å². The minimum absolute atomic E-state index is 0.117. The number of anilines is 2. The number of hydrogen-bond acceptors (Lipinski definition) is 7. The number of nitrogens with one attached hydrogen (secondary N) is 1. The largest absolute Gasteiger partial charge is 0.497 e. The van der Waals surface area contributed by atoms with Crippen LogP contribution in [0.2, 0.25) is 0 Å². The third-order valence-electron chi connectivity index (χ3n) is 6.97. The number of halogens is 3. The fraction of sp³-hybridized carbons (Fsp3) is 0.188. The number of rotatable bonds is 8. The summed E-state index contributed by atoms with van der Waals surface area (Å²) in [5.74, 6) is 0.905. The van der Waals surface area contributed by atoms with Gasteiger partial charge >= 0.3 is 6.18 Å². The van der Waals surface area contributed by atoms with Gasteiger partial charge in [0.25, 0.3) is 5.91 Å². The van der Waals surface area contributed by atoms with Gasteiger partial charge in [0, 0.05) is 66.6 Å². The predicted molar refractivity (Wildman–Crippen MR) is 158 cm³/mol. The number of aliphatic hydroxyl groups excluding tert-OH is 1. The monoisotopic (exact) mass is 587 g/mol. The summed E-state index contributed by atoms with van der Waals surface area (Å²) in [6, 6.07) is 18.0. The molecule has 0 aliphatic carbocycles. The maximum absolute atomic E-state index is 12.9. The molecule has 5 rings (SSSR count). The van der Waals surface area contributed by atoms with Crippen molar-refractivity contribution in [1.82, 2.24) is 15.0 Å². The van der Waals surface area contributed by atoms with Gasteiger partial charge in [0.2, 0.25) is 0 Å². The van der Waals surface area contributed by atoms with Crippen molar-refractivity contribution in [3.8, 4) is 16.9 Å². The third kappa shape index (κ3) is 6.73. The van der Waals surface area contributed by atoms with E-state index >= 15 is 0 Å². The van der Waals surface area contributed by atoms with E-state index in [9.17, 15) is 23.1 Å². The van der Waals surface area contributed by atoms with Crippen LogP contribution in [0.1, 0.15) is 33.2 Å². The quantitative estimate of drug-likeness (QED) is 0.214. The predicted octanol–water partition coefficient (Wildman–Crippen LogP) is 6.49. The van der Waals surface area contributed by atoms with Crippen LogP contribution in [-0.2, 0) is 6.54 Å². The Kier molecular flexibility index (Phi) is 8.27. The van der Waals surface area contributed by atoms with Gasteiger partial charge in [-0.1, -0.05) is 18.2 Å². The Labute approximate surface area is 245 Å². The highest BCUT2D eigenvalue weighted by Crippen LogP contribution is 2.33. The number of alkyl halides is 3. The van der Waals surface area contributed by atoms with Gasteiger partial charge in [0.15, 0.2) is 6.10 Å². The number of carbonyl (C=O) groups excluding carboxylic acids is 1. The molecular weight excluding hydrogens is 559 g/mol. The number of aryl methyl sites for hydroxylation is 1. The smallest absolute Gasteiger partial charge is 0.418 e. The van der Waals surface area contributed by atoms with Crippen molar-refractivity contribution in [2.24, 2.45) is 0 Å². The molecule has 8 nitrogen and oxygen atoms in total. The third-order valence-corrected chi connectivity index (χ3v) is 6.97. The van der Waals surface area contributed by atoms with Crippen molar-refractivity contribution in [2.45, 2.75) is 25.7 Å². The second-order valence-electron chi connectivity index (χ2n) is 10.1. The van der Waals surface area contributed by atoms with Crippen LogP contribution < -0.4 is 15.0 Å². The molecule has 1 amide bonds. The first kappa shape index (κ1) is 29.5. The van der Waals surface area contributed by atoms with Gasteiger partial charge in [-0.25, -0.2) is 4.98 Å². The molecule has 11 heteroatoms. The Morgan fingerprint density at radius 3 is 2.49 bits per heavy atom. The zero-order valence-electron chi connectivity index (χ0n) is 23.6. The summed E-state index contributed by atoms with van der Waals surface area (Å²) in [4.78, 5) is 27.8. The lowest BCUT2D eigenvalue weighted by Crippen LogP contribution is -2.21. The zero-order valence-corrected chi connectivity index (χ0v) is 23.6. The lowest BCUT2D eigenvalue weighted by molar-refractivity contribution is -0.206. The van der Waals surface area contributed by atoms with Crippen LogP contribution in [0.25, 0.3) is 22.0 Å². The summed E-state index contributed by atoms with van der Waals surface area (Å²) < 4.78 is 44.0. The molecule has 3 heterocycles. The number of methoxy groups -OCH3 is 1. The fourth-order valence-electron chi connectivity index (χ4n) is 4.59. The summed E-state index contributed by atoms with van der Waals surface area (Å²) >= 11 is 0. The highest BCUT2D eigenvalue weighted by Gasteiger charge is 2.39. The van der Waals surface area contributed by atoms with E-state index in [1.807, 2.05) is 61.3 Å². The molecule has 0 aliphatic rings. The molecule has 5 aromatic rings. The molecule has 0 fully saturated rings. The second-order valence-corrected chi connectivity index (χ2v) is 10.1. The van der Waals surface area contributed by atoms with E-state index in [0.717, 1.165) is 63.2 Å². The first-order chi connectivity index (χ1) is 20.5. The van der Waals surface area contributed by atoms with Crippen LogP contribution >= 0.6 is 0 Å². The average Bonchev–Trinajstić information content (AvgIpc) is 3.01. The standard InChI is InChI=1S/C32H28F3N5O3/c1-19-4-7-25(39-31(42)24-11-23(14-36-15-24)30(41)32(33,34)35)12-27(19)21-10-22-17-38-29(13-28(22)37-16-21)40(2)18-20-5-8-26(43-3)9-6-20/h4-17,30,41H,18H2,1-3H3,(H,39,42)/t30-/m1/s1. The van der Waals surface area contributed by atoms with E-state index in [0.29, 0.717) is 12.2 Å².